The number of rotatable bonds is 3. The maximum Gasteiger partial charge on any atom is 0.131 e. The van der Waals surface area contributed by atoms with Gasteiger partial charge in [0.2, 0.25) is 0 Å². The number of hydrogen-bond acceptors (Lipinski definition) is 2. The van der Waals surface area contributed by atoms with E-state index < -0.39 is 0 Å². The van der Waals surface area contributed by atoms with Gasteiger partial charge in [-0.1, -0.05) is 77.9 Å². The monoisotopic (exact) mass is 450 g/mol. The van der Waals surface area contributed by atoms with E-state index in [1.807, 2.05) is 18.2 Å². The highest BCUT2D eigenvalue weighted by atomic mass is 19.1. The second kappa shape index (κ2) is 8.69. The molecule has 0 saturated heterocycles. The molecule has 0 bridgehead atoms. The number of hydrogen-bond donors (Lipinski definition) is 0. The van der Waals surface area contributed by atoms with Crippen molar-refractivity contribution in [3.63, 3.8) is 0 Å². The molecule has 0 radical (unpaired) electrons. The van der Waals surface area contributed by atoms with Crippen LogP contribution in [0.25, 0.3) is 33.2 Å². The summed E-state index contributed by atoms with van der Waals surface area (Å²) in [6, 6.07) is 22.0. The van der Waals surface area contributed by atoms with Crippen LogP contribution in [0.2, 0.25) is 0 Å². The molecular formula is C31H31FN2. The van der Waals surface area contributed by atoms with Crippen LogP contribution in [0.3, 0.4) is 0 Å². The smallest absolute Gasteiger partial charge is 0.131 e. The molecule has 1 heterocycles. The second-order valence-electron chi connectivity index (χ2n) is 11.3. The predicted molar refractivity (Wildman–Crippen MR) is 139 cm³/mol. The van der Waals surface area contributed by atoms with Crippen LogP contribution >= 0.6 is 0 Å². The molecule has 34 heavy (non-hydrogen) atoms. The van der Waals surface area contributed by atoms with E-state index in [2.05, 4.69) is 82.9 Å². The Morgan fingerprint density at radius 1 is 0.882 bits per heavy atom. The Balaban J connectivity index is 1.87. The average Bonchev–Trinajstić information content (AvgIpc) is 2.76. The molecule has 3 heteroatoms. The summed E-state index contributed by atoms with van der Waals surface area (Å²) in [4.78, 5) is 4.59. The van der Waals surface area contributed by atoms with Gasteiger partial charge in [0.1, 0.15) is 11.9 Å². The number of nitrogens with zero attached hydrogens (tertiary/aromatic N) is 2. The molecule has 0 aliphatic rings. The summed E-state index contributed by atoms with van der Waals surface area (Å²) in [6.45, 7) is 13.0. The molecule has 0 amide bonds. The Morgan fingerprint density at radius 3 is 2.26 bits per heavy atom. The van der Waals surface area contributed by atoms with Crippen LogP contribution < -0.4 is 0 Å². The van der Waals surface area contributed by atoms with E-state index in [1.165, 1.54) is 10.9 Å². The molecule has 0 saturated carbocycles. The second-order valence-corrected chi connectivity index (χ2v) is 11.3. The van der Waals surface area contributed by atoms with E-state index in [1.54, 1.807) is 18.3 Å². The lowest BCUT2D eigenvalue weighted by molar-refractivity contribution is 0.410. The Labute approximate surface area is 202 Å². The first-order valence-corrected chi connectivity index (χ1v) is 11.7. The van der Waals surface area contributed by atoms with Gasteiger partial charge in [-0.25, -0.2) is 4.39 Å². The lowest BCUT2D eigenvalue weighted by atomic mass is 9.82. The molecule has 0 aliphatic carbocycles. The normalized spacial score (nSPS) is 12.1. The van der Waals surface area contributed by atoms with Crippen molar-refractivity contribution in [1.82, 2.24) is 4.98 Å². The van der Waals surface area contributed by atoms with E-state index in [-0.39, 0.29) is 16.6 Å². The first-order chi connectivity index (χ1) is 16.0. The number of aromatic nitrogens is 1. The van der Waals surface area contributed by atoms with E-state index >= 15 is 4.39 Å². The summed E-state index contributed by atoms with van der Waals surface area (Å²) in [7, 11) is 0. The zero-order valence-corrected chi connectivity index (χ0v) is 20.8. The third-order valence-corrected chi connectivity index (χ3v) is 6.05. The van der Waals surface area contributed by atoms with Gasteiger partial charge in [-0.3, -0.25) is 4.98 Å². The fraction of sp³-hybridized carbons (Fsp3) is 0.290. The zero-order chi connectivity index (χ0) is 24.7. The van der Waals surface area contributed by atoms with Gasteiger partial charge in [0.05, 0.1) is 11.3 Å². The molecule has 4 rings (SSSR count). The summed E-state index contributed by atoms with van der Waals surface area (Å²) >= 11 is 0. The van der Waals surface area contributed by atoms with E-state index in [4.69, 9.17) is 0 Å². The quantitative estimate of drug-likeness (QED) is 0.314. The van der Waals surface area contributed by atoms with Crippen LogP contribution in [0.1, 0.15) is 58.2 Å². The molecule has 2 nitrogen and oxygen atoms in total. The fourth-order valence-electron chi connectivity index (χ4n) is 4.50. The van der Waals surface area contributed by atoms with Gasteiger partial charge in [0.25, 0.3) is 0 Å². The third-order valence-electron chi connectivity index (χ3n) is 6.05. The minimum absolute atomic E-state index is 0.0555. The number of nitriles is 1. The van der Waals surface area contributed by atoms with Crippen molar-refractivity contribution < 1.29 is 4.39 Å². The molecule has 0 N–H and O–H groups in total. The van der Waals surface area contributed by atoms with E-state index in [0.29, 0.717) is 16.7 Å². The molecule has 1 aromatic heterocycles. The largest absolute Gasteiger partial charge is 0.255 e. The highest BCUT2D eigenvalue weighted by Gasteiger charge is 2.20. The summed E-state index contributed by atoms with van der Waals surface area (Å²) < 4.78 is 15.3. The Kier molecular flexibility index (Phi) is 6.04. The zero-order valence-electron chi connectivity index (χ0n) is 20.8. The van der Waals surface area contributed by atoms with Gasteiger partial charge in [0, 0.05) is 22.9 Å². The number of fused-ring (bicyclic) bond motifs is 1. The van der Waals surface area contributed by atoms with Gasteiger partial charge in [0.15, 0.2) is 0 Å². The number of pyridine rings is 1. The first-order valence-electron chi connectivity index (χ1n) is 11.7. The summed E-state index contributed by atoms with van der Waals surface area (Å²) in [5.74, 6) is -0.315. The first kappa shape index (κ1) is 23.6. The van der Waals surface area contributed by atoms with Crippen molar-refractivity contribution >= 4 is 10.8 Å². The van der Waals surface area contributed by atoms with Crippen LogP contribution in [0, 0.1) is 22.6 Å². The van der Waals surface area contributed by atoms with Gasteiger partial charge in [-0.2, -0.15) is 5.26 Å². The molecule has 0 fully saturated rings. The van der Waals surface area contributed by atoms with Crippen LogP contribution in [0.4, 0.5) is 4.39 Å². The van der Waals surface area contributed by atoms with Gasteiger partial charge in [-0.15, -0.1) is 0 Å². The Morgan fingerprint density at radius 2 is 1.62 bits per heavy atom. The molecule has 3 aromatic carbocycles. The highest BCUT2D eigenvalue weighted by Crippen LogP contribution is 2.36. The summed E-state index contributed by atoms with van der Waals surface area (Å²) in [6.07, 6.45) is 2.34. The molecule has 172 valence electrons. The van der Waals surface area contributed by atoms with Crippen molar-refractivity contribution in [3.8, 4) is 28.5 Å². The van der Waals surface area contributed by atoms with Crippen molar-refractivity contribution in [2.45, 2.75) is 53.4 Å². The lowest BCUT2D eigenvalue weighted by Crippen LogP contribution is -2.12. The standard InChI is InChI=1S/C31H31FN2/c1-30(2,3)17-20-11-12-25(28(32)13-20)26-16-29(34-19-23(26)18-33)22-14-21-9-7-8-10-24(21)27(15-22)31(4,5)6/h7-16,19H,17H2,1-6H3. The SMILES string of the molecule is CC(C)(C)Cc1ccc(-c2cc(-c3cc(C(C)(C)C)c4ccccc4c3)ncc2C#N)c(F)c1. The third kappa shape index (κ3) is 4.87. The van der Waals surface area contributed by atoms with Crippen LogP contribution in [0.5, 0.6) is 0 Å². The van der Waals surface area contributed by atoms with Crippen molar-refractivity contribution in [2.24, 2.45) is 5.41 Å². The van der Waals surface area contributed by atoms with Gasteiger partial charge >= 0.3 is 0 Å². The van der Waals surface area contributed by atoms with E-state index in [9.17, 15) is 5.26 Å². The molecule has 0 unspecified atom stereocenters. The fourth-order valence-corrected chi connectivity index (χ4v) is 4.50. The van der Waals surface area contributed by atoms with Gasteiger partial charge < -0.3 is 0 Å². The molecule has 0 aliphatic heterocycles. The average molecular weight is 451 g/mol. The molecule has 0 spiro atoms. The van der Waals surface area contributed by atoms with Crippen LogP contribution in [-0.2, 0) is 11.8 Å². The lowest BCUT2D eigenvalue weighted by Gasteiger charge is -2.23. The summed E-state index contributed by atoms with van der Waals surface area (Å²) in [5, 5.41) is 12.1. The highest BCUT2D eigenvalue weighted by molar-refractivity contribution is 5.91. The van der Waals surface area contributed by atoms with Crippen LogP contribution in [-0.4, -0.2) is 4.98 Å². The number of halogens is 1. The predicted octanol–water partition coefficient (Wildman–Crippen LogP) is 8.47. The summed E-state index contributed by atoms with van der Waals surface area (Å²) in [5.41, 5.74) is 5.23. The van der Waals surface area contributed by atoms with E-state index in [0.717, 1.165) is 28.6 Å². The number of benzene rings is 3. The van der Waals surface area contributed by atoms with Crippen molar-refractivity contribution in [1.29, 1.82) is 5.26 Å². The Bertz CT molecular complexity index is 1410. The maximum absolute atomic E-state index is 15.3. The minimum atomic E-state index is -0.315. The van der Waals surface area contributed by atoms with Crippen molar-refractivity contribution in [2.75, 3.05) is 0 Å². The minimum Gasteiger partial charge on any atom is -0.255 e. The van der Waals surface area contributed by atoms with Crippen LogP contribution in [0.15, 0.2) is 66.9 Å². The molecular weight excluding hydrogens is 419 g/mol. The maximum atomic E-state index is 15.3. The van der Waals surface area contributed by atoms with Gasteiger partial charge in [-0.05, 0) is 63.4 Å². The Hall–Kier alpha value is -3.51. The molecule has 4 aromatic rings. The van der Waals surface area contributed by atoms with Crippen molar-refractivity contribution in [3.05, 3.63) is 89.4 Å². The topological polar surface area (TPSA) is 36.7 Å². The molecule has 0 atom stereocenters.